The molecule has 7 aliphatic rings. The van der Waals surface area contributed by atoms with Crippen molar-refractivity contribution in [3.8, 4) is 11.5 Å². The zero-order valence-corrected chi connectivity index (χ0v) is 19.9. The highest BCUT2D eigenvalue weighted by molar-refractivity contribution is 5.66. The number of benzene rings is 1. The van der Waals surface area contributed by atoms with Gasteiger partial charge in [-0.05, 0) is 62.7 Å². The van der Waals surface area contributed by atoms with Crippen molar-refractivity contribution in [2.75, 3.05) is 27.8 Å². The van der Waals surface area contributed by atoms with Crippen LogP contribution in [-0.4, -0.2) is 61.7 Å². The minimum absolute atomic E-state index is 0.0725. The van der Waals surface area contributed by atoms with Crippen LogP contribution in [0, 0.1) is 16.2 Å². The first-order valence-corrected chi connectivity index (χ1v) is 12.2. The standard InChI is InChI=1S/C27H35NO4/c1-23(2)8-9-25(21(23)29)15-24-10-11-27(25,31-5)22-26(24)12-13-28(3)18(24)14-16-6-7-17(30-4)20(32-22)19(16)26/h6-7,10-11,18,21-22,29H,8-9,12-15H2,1-5H3/t18-,21+,22+,24-,25-,26+,27+/m1/s1. The van der Waals surface area contributed by atoms with Crippen LogP contribution in [0.25, 0.3) is 0 Å². The zero-order valence-electron chi connectivity index (χ0n) is 19.9. The molecular weight excluding hydrogens is 402 g/mol. The van der Waals surface area contributed by atoms with E-state index in [9.17, 15) is 5.11 Å². The van der Waals surface area contributed by atoms with Crippen LogP contribution in [0.2, 0.25) is 0 Å². The van der Waals surface area contributed by atoms with E-state index in [1.807, 2.05) is 7.11 Å². The largest absolute Gasteiger partial charge is 0.493 e. The molecule has 7 atom stereocenters. The summed E-state index contributed by atoms with van der Waals surface area (Å²) < 4.78 is 19.4. The van der Waals surface area contributed by atoms with Crippen molar-refractivity contribution in [3.63, 3.8) is 0 Å². The number of methoxy groups -OCH3 is 2. The summed E-state index contributed by atoms with van der Waals surface area (Å²) in [6.07, 6.45) is 9.22. The molecule has 2 aliphatic heterocycles. The number of likely N-dealkylation sites (tertiary alicyclic amines) is 1. The van der Waals surface area contributed by atoms with Gasteiger partial charge < -0.3 is 24.2 Å². The SMILES string of the molecule is COc1ccc2c3c1O[C@@H]1[C@@]4(OC)C=C[C@@]5(C[C@@]46CCC(C)(C)[C@@H]6O)[C@@H](C2)N(C)CC[C@]315. The molecule has 1 aromatic carbocycles. The quantitative estimate of drug-likeness (QED) is 0.718. The van der Waals surface area contributed by atoms with E-state index < -0.39 is 11.7 Å². The third kappa shape index (κ3) is 1.69. The van der Waals surface area contributed by atoms with E-state index in [4.69, 9.17) is 14.2 Å². The van der Waals surface area contributed by atoms with E-state index in [1.165, 1.54) is 11.1 Å². The smallest absolute Gasteiger partial charge is 0.166 e. The monoisotopic (exact) mass is 437 g/mol. The second-order valence-corrected chi connectivity index (χ2v) is 12.1. The third-order valence-corrected chi connectivity index (χ3v) is 11.0. The van der Waals surface area contributed by atoms with Gasteiger partial charge >= 0.3 is 0 Å². The van der Waals surface area contributed by atoms with Crippen LogP contribution >= 0.6 is 0 Å². The van der Waals surface area contributed by atoms with Gasteiger partial charge in [0.05, 0.1) is 18.6 Å². The summed E-state index contributed by atoms with van der Waals surface area (Å²) in [4.78, 5) is 2.57. The lowest BCUT2D eigenvalue weighted by atomic mass is 9.33. The first-order chi connectivity index (χ1) is 15.2. The number of hydrogen-bond donors (Lipinski definition) is 1. The van der Waals surface area contributed by atoms with E-state index in [2.05, 4.69) is 50.1 Å². The van der Waals surface area contributed by atoms with Crippen molar-refractivity contribution in [3.05, 3.63) is 35.4 Å². The molecule has 172 valence electrons. The predicted octanol–water partition coefficient (Wildman–Crippen LogP) is 3.47. The number of ether oxygens (including phenoxy) is 3. The molecule has 0 amide bonds. The minimum Gasteiger partial charge on any atom is -0.493 e. The van der Waals surface area contributed by atoms with Gasteiger partial charge in [-0.25, -0.2) is 0 Å². The molecule has 0 aromatic heterocycles. The summed E-state index contributed by atoms with van der Waals surface area (Å²) in [5.74, 6) is 1.75. The summed E-state index contributed by atoms with van der Waals surface area (Å²) in [5, 5.41) is 11.9. The zero-order chi connectivity index (χ0) is 22.3. The Morgan fingerprint density at radius 1 is 1.12 bits per heavy atom. The average Bonchev–Trinajstić information content (AvgIpc) is 3.26. The number of hydrogen-bond acceptors (Lipinski definition) is 5. The fourth-order valence-electron chi connectivity index (χ4n) is 9.64. The fraction of sp³-hybridized carbons (Fsp3) is 0.704. The lowest BCUT2D eigenvalue weighted by Gasteiger charge is -2.74. The maximum atomic E-state index is 11.9. The van der Waals surface area contributed by atoms with E-state index in [0.29, 0.717) is 6.04 Å². The van der Waals surface area contributed by atoms with Gasteiger partial charge in [0.2, 0.25) is 0 Å². The minimum atomic E-state index is -0.652. The molecule has 8 rings (SSSR count). The van der Waals surface area contributed by atoms with Gasteiger partial charge in [0.25, 0.3) is 0 Å². The Morgan fingerprint density at radius 2 is 1.94 bits per heavy atom. The molecule has 0 unspecified atom stereocenters. The van der Waals surface area contributed by atoms with Gasteiger partial charge in [-0.15, -0.1) is 0 Å². The summed E-state index contributed by atoms with van der Waals surface area (Å²) in [5.41, 5.74) is 1.43. The van der Waals surface area contributed by atoms with Gasteiger partial charge in [0.15, 0.2) is 11.5 Å². The van der Waals surface area contributed by atoms with Crippen LogP contribution in [0.4, 0.5) is 0 Å². The number of aliphatic hydroxyl groups is 1. The summed E-state index contributed by atoms with van der Waals surface area (Å²) >= 11 is 0. The van der Waals surface area contributed by atoms with E-state index >= 15 is 0 Å². The predicted molar refractivity (Wildman–Crippen MR) is 121 cm³/mol. The first-order valence-electron chi connectivity index (χ1n) is 12.2. The van der Waals surface area contributed by atoms with E-state index in [1.54, 1.807) is 7.11 Å². The normalized spacial score (nSPS) is 48.8. The Kier molecular flexibility index (Phi) is 3.45. The molecule has 5 nitrogen and oxygen atoms in total. The molecule has 4 bridgehead atoms. The molecule has 3 spiro atoms. The molecule has 3 fully saturated rings. The van der Waals surface area contributed by atoms with Crippen molar-refractivity contribution >= 4 is 0 Å². The summed E-state index contributed by atoms with van der Waals surface area (Å²) in [7, 11) is 5.86. The fourth-order valence-corrected chi connectivity index (χ4v) is 9.64. The molecule has 2 saturated carbocycles. The van der Waals surface area contributed by atoms with Crippen LogP contribution in [0.3, 0.4) is 0 Å². The molecule has 2 heterocycles. The Morgan fingerprint density at radius 3 is 2.62 bits per heavy atom. The summed E-state index contributed by atoms with van der Waals surface area (Å²) in [6.45, 7) is 5.49. The van der Waals surface area contributed by atoms with Crippen LogP contribution in [0.1, 0.15) is 50.7 Å². The second kappa shape index (κ2) is 5.56. The maximum Gasteiger partial charge on any atom is 0.166 e. The lowest BCUT2D eigenvalue weighted by Crippen LogP contribution is -2.82. The van der Waals surface area contributed by atoms with E-state index in [-0.39, 0.29) is 27.8 Å². The van der Waals surface area contributed by atoms with Crippen molar-refractivity contribution in [2.45, 2.75) is 75.2 Å². The number of piperidine rings is 1. The Labute approximate surface area is 190 Å². The molecule has 5 heteroatoms. The summed E-state index contributed by atoms with van der Waals surface area (Å²) in [6, 6.07) is 4.74. The van der Waals surface area contributed by atoms with Gasteiger partial charge in [-0.2, -0.15) is 0 Å². The van der Waals surface area contributed by atoms with Crippen molar-refractivity contribution in [1.82, 2.24) is 4.90 Å². The van der Waals surface area contributed by atoms with Gasteiger partial charge in [-0.3, -0.25) is 0 Å². The average molecular weight is 438 g/mol. The van der Waals surface area contributed by atoms with Crippen LogP contribution < -0.4 is 9.47 Å². The van der Waals surface area contributed by atoms with Crippen LogP contribution in [0.5, 0.6) is 11.5 Å². The Balaban J connectivity index is 1.57. The number of rotatable bonds is 2. The molecule has 1 saturated heterocycles. The molecular formula is C27H35NO4. The van der Waals surface area contributed by atoms with Gasteiger partial charge in [-0.1, -0.05) is 32.1 Å². The van der Waals surface area contributed by atoms with E-state index in [0.717, 1.165) is 50.1 Å². The van der Waals surface area contributed by atoms with Crippen molar-refractivity contribution in [2.24, 2.45) is 16.2 Å². The highest BCUT2D eigenvalue weighted by Gasteiger charge is 2.84. The second-order valence-electron chi connectivity index (χ2n) is 12.1. The number of aliphatic hydroxyl groups excluding tert-OH is 1. The lowest BCUT2D eigenvalue weighted by molar-refractivity contribution is -0.271. The molecule has 1 aromatic rings. The topological polar surface area (TPSA) is 51.2 Å². The Hall–Kier alpha value is -1.56. The van der Waals surface area contributed by atoms with Gasteiger partial charge in [0, 0.05) is 29.5 Å². The molecule has 32 heavy (non-hydrogen) atoms. The van der Waals surface area contributed by atoms with Crippen LogP contribution in [-0.2, 0) is 16.6 Å². The number of likely N-dealkylation sites (N-methyl/N-ethyl adjacent to an activating group) is 1. The van der Waals surface area contributed by atoms with Crippen LogP contribution in [0.15, 0.2) is 24.3 Å². The molecule has 1 N–H and O–H groups in total. The van der Waals surface area contributed by atoms with Crippen molar-refractivity contribution in [1.29, 1.82) is 0 Å². The molecule has 5 aliphatic carbocycles. The van der Waals surface area contributed by atoms with Crippen molar-refractivity contribution < 1.29 is 19.3 Å². The Bertz CT molecular complexity index is 1070. The third-order valence-electron chi connectivity index (χ3n) is 11.0. The van der Waals surface area contributed by atoms with Gasteiger partial charge in [0.1, 0.15) is 11.7 Å². The highest BCUT2D eigenvalue weighted by Crippen LogP contribution is 2.79. The first kappa shape index (κ1) is 19.9. The maximum absolute atomic E-state index is 11.9. The number of nitrogens with zero attached hydrogens (tertiary/aromatic N) is 1. The highest BCUT2D eigenvalue weighted by atomic mass is 16.6. The molecule has 0 radical (unpaired) electrons.